The van der Waals surface area contributed by atoms with Gasteiger partial charge in [0.2, 0.25) is 5.91 Å². The van der Waals surface area contributed by atoms with Crippen LogP contribution in [0.15, 0.2) is 71.7 Å². The highest BCUT2D eigenvalue weighted by Gasteiger charge is 2.36. The second kappa shape index (κ2) is 11.9. The van der Waals surface area contributed by atoms with Crippen molar-refractivity contribution in [2.24, 2.45) is 4.99 Å². The molecule has 1 atom stereocenters. The third-order valence-corrected chi connectivity index (χ3v) is 8.32. The fourth-order valence-electron chi connectivity index (χ4n) is 6.03. The lowest BCUT2D eigenvalue weighted by atomic mass is 9.90. The van der Waals surface area contributed by atoms with E-state index in [4.69, 9.17) is 9.73 Å². The van der Waals surface area contributed by atoms with Gasteiger partial charge in [0.1, 0.15) is 5.92 Å². The lowest BCUT2D eigenvalue weighted by Crippen LogP contribution is -2.47. The first-order valence-corrected chi connectivity index (χ1v) is 14.4. The van der Waals surface area contributed by atoms with Gasteiger partial charge in [-0.3, -0.25) is 19.5 Å². The van der Waals surface area contributed by atoms with Crippen LogP contribution in [0.5, 0.6) is 0 Å². The summed E-state index contributed by atoms with van der Waals surface area (Å²) >= 11 is 0. The zero-order chi connectivity index (χ0) is 29.2. The minimum Gasteiger partial charge on any atom is -0.465 e. The van der Waals surface area contributed by atoms with Crippen molar-refractivity contribution in [3.8, 4) is 0 Å². The molecule has 1 fully saturated rings. The molecule has 42 heavy (non-hydrogen) atoms. The van der Waals surface area contributed by atoms with E-state index in [1.54, 1.807) is 18.2 Å². The number of methoxy groups -OCH3 is 1. The summed E-state index contributed by atoms with van der Waals surface area (Å²) in [4.78, 5) is 50.0. The Morgan fingerprint density at radius 1 is 0.929 bits per heavy atom. The van der Waals surface area contributed by atoms with Crippen LogP contribution in [0.4, 0.5) is 17.1 Å². The molecule has 9 heteroatoms. The zero-order valence-electron chi connectivity index (χ0n) is 24.0. The Morgan fingerprint density at radius 2 is 1.71 bits per heavy atom. The second-order valence-electron chi connectivity index (χ2n) is 11.2. The van der Waals surface area contributed by atoms with Gasteiger partial charge < -0.3 is 19.9 Å². The number of ketones is 1. The number of esters is 1. The number of nitrogens with zero attached hydrogens (tertiary/aromatic N) is 4. The molecule has 1 saturated heterocycles. The number of likely N-dealkylation sites (N-methyl/N-ethyl adjacent to an activating group) is 1. The van der Waals surface area contributed by atoms with E-state index >= 15 is 0 Å². The Labute approximate surface area is 245 Å². The lowest BCUT2D eigenvalue weighted by molar-refractivity contribution is -0.119. The van der Waals surface area contributed by atoms with Gasteiger partial charge in [-0.25, -0.2) is 4.79 Å². The maximum absolute atomic E-state index is 13.3. The predicted molar refractivity (Wildman–Crippen MR) is 163 cm³/mol. The van der Waals surface area contributed by atoms with E-state index in [1.807, 2.05) is 42.5 Å². The standard InChI is InChI=1S/C33H35N5O4/c1-36-14-16-37(17-15-36)20-26(39)21-38-13-12-23-18-25(9-11-29(23)38)34-31(22-6-4-3-5-7-22)30-27-10-8-24(33(41)42-2)19-28(27)35-32(30)40/h3-11,18-19,30H,12-17,20-21H2,1-2H3,(H,35,40). The number of Topliss-reactive ketones (excluding diaryl/α,β-unsaturated/α-hetero) is 1. The molecular formula is C33H35N5O4. The highest BCUT2D eigenvalue weighted by atomic mass is 16.5. The first kappa shape index (κ1) is 27.8. The number of fused-ring (bicyclic) bond motifs is 2. The van der Waals surface area contributed by atoms with Crippen molar-refractivity contribution in [1.82, 2.24) is 9.80 Å². The third kappa shape index (κ3) is 5.70. The molecule has 3 aromatic carbocycles. The maximum atomic E-state index is 13.3. The minimum atomic E-state index is -0.633. The van der Waals surface area contributed by atoms with E-state index < -0.39 is 11.9 Å². The average molecular weight is 566 g/mol. The Kier molecular flexibility index (Phi) is 7.86. The van der Waals surface area contributed by atoms with Crippen molar-refractivity contribution in [3.05, 3.63) is 89.0 Å². The molecule has 6 rings (SSSR count). The van der Waals surface area contributed by atoms with Gasteiger partial charge in [-0.05, 0) is 60.5 Å². The number of aliphatic imine (C=N–C) groups is 1. The van der Waals surface area contributed by atoms with Crippen LogP contribution >= 0.6 is 0 Å². The molecule has 3 aliphatic rings. The first-order chi connectivity index (χ1) is 20.4. The van der Waals surface area contributed by atoms with Gasteiger partial charge in [0.05, 0.1) is 37.2 Å². The number of hydrogen-bond acceptors (Lipinski definition) is 8. The number of rotatable bonds is 8. The van der Waals surface area contributed by atoms with Gasteiger partial charge in [0.25, 0.3) is 0 Å². The average Bonchev–Trinajstić information content (AvgIpc) is 3.55. The van der Waals surface area contributed by atoms with Crippen LogP contribution in [0.2, 0.25) is 0 Å². The molecule has 0 radical (unpaired) electrons. The largest absolute Gasteiger partial charge is 0.465 e. The van der Waals surface area contributed by atoms with E-state index in [2.05, 4.69) is 33.1 Å². The summed E-state index contributed by atoms with van der Waals surface area (Å²) in [5.41, 5.74) is 6.18. The van der Waals surface area contributed by atoms with Crippen LogP contribution in [0, 0.1) is 0 Å². The number of carbonyl (C=O) groups is 3. The molecule has 3 aromatic rings. The molecule has 3 aliphatic heterocycles. The zero-order valence-corrected chi connectivity index (χ0v) is 24.0. The van der Waals surface area contributed by atoms with Crippen LogP contribution in [-0.4, -0.2) is 93.1 Å². The van der Waals surface area contributed by atoms with E-state index in [0.717, 1.165) is 67.2 Å². The molecular weight excluding hydrogens is 530 g/mol. The number of benzene rings is 3. The molecule has 216 valence electrons. The smallest absolute Gasteiger partial charge is 0.337 e. The SMILES string of the molecule is COC(=O)c1ccc2c(c1)NC(=O)C2C(=Nc1ccc2c(c1)CCN2CC(=O)CN1CCN(C)CC1)c1ccccc1. The Bertz CT molecular complexity index is 1550. The van der Waals surface area contributed by atoms with Gasteiger partial charge in [0, 0.05) is 44.1 Å². The topological polar surface area (TPSA) is 94.5 Å². The summed E-state index contributed by atoms with van der Waals surface area (Å²) in [7, 11) is 3.45. The maximum Gasteiger partial charge on any atom is 0.337 e. The molecule has 9 nitrogen and oxygen atoms in total. The number of ether oxygens (including phenoxy) is 1. The Balaban J connectivity index is 1.25. The predicted octanol–water partition coefficient (Wildman–Crippen LogP) is 3.51. The molecule has 1 amide bonds. The van der Waals surface area contributed by atoms with Crippen molar-refractivity contribution in [3.63, 3.8) is 0 Å². The van der Waals surface area contributed by atoms with Crippen molar-refractivity contribution < 1.29 is 19.1 Å². The van der Waals surface area contributed by atoms with Gasteiger partial charge in [-0.2, -0.15) is 0 Å². The van der Waals surface area contributed by atoms with Crippen molar-refractivity contribution in [2.45, 2.75) is 12.3 Å². The van der Waals surface area contributed by atoms with Crippen LogP contribution < -0.4 is 10.2 Å². The summed E-state index contributed by atoms with van der Waals surface area (Å²) < 4.78 is 4.85. The molecule has 0 bridgehead atoms. The molecule has 1 unspecified atom stereocenters. The second-order valence-corrected chi connectivity index (χ2v) is 11.2. The van der Waals surface area contributed by atoms with Crippen LogP contribution in [0.1, 0.15) is 33.0 Å². The molecule has 0 spiro atoms. The van der Waals surface area contributed by atoms with Crippen molar-refractivity contribution >= 4 is 40.4 Å². The molecule has 3 heterocycles. The van der Waals surface area contributed by atoms with E-state index in [0.29, 0.717) is 30.1 Å². The summed E-state index contributed by atoms with van der Waals surface area (Å²) in [5.74, 6) is -1.05. The fourth-order valence-corrected chi connectivity index (χ4v) is 6.03. The summed E-state index contributed by atoms with van der Waals surface area (Å²) in [6.45, 7) is 5.55. The number of hydrogen-bond donors (Lipinski definition) is 1. The van der Waals surface area contributed by atoms with Crippen molar-refractivity contribution in [1.29, 1.82) is 0 Å². The van der Waals surface area contributed by atoms with Crippen LogP contribution in [0.25, 0.3) is 0 Å². The van der Waals surface area contributed by atoms with E-state index in [9.17, 15) is 14.4 Å². The summed E-state index contributed by atoms with van der Waals surface area (Å²) in [6.07, 6.45) is 0.838. The van der Waals surface area contributed by atoms with Gasteiger partial charge in [-0.1, -0.05) is 36.4 Å². The number of amides is 1. The van der Waals surface area contributed by atoms with Crippen molar-refractivity contribution in [2.75, 3.05) is 70.2 Å². The number of piperazine rings is 1. The monoisotopic (exact) mass is 565 g/mol. The highest BCUT2D eigenvalue weighted by Crippen LogP contribution is 2.38. The quantitative estimate of drug-likeness (QED) is 0.330. The van der Waals surface area contributed by atoms with E-state index in [-0.39, 0.29) is 11.7 Å². The number of anilines is 2. The Hall–Kier alpha value is -4.34. The third-order valence-electron chi connectivity index (χ3n) is 8.32. The fraction of sp³-hybridized carbons (Fsp3) is 0.333. The highest BCUT2D eigenvalue weighted by molar-refractivity contribution is 6.24. The summed E-state index contributed by atoms with van der Waals surface area (Å²) in [5, 5.41) is 2.93. The van der Waals surface area contributed by atoms with Crippen LogP contribution in [0.3, 0.4) is 0 Å². The number of nitrogens with one attached hydrogen (secondary N) is 1. The molecule has 0 saturated carbocycles. The Morgan fingerprint density at radius 3 is 2.48 bits per heavy atom. The molecule has 0 aromatic heterocycles. The first-order valence-electron chi connectivity index (χ1n) is 14.4. The summed E-state index contributed by atoms with van der Waals surface area (Å²) in [6, 6.07) is 20.9. The number of carbonyl (C=O) groups excluding carboxylic acids is 3. The minimum absolute atomic E-state index is 0.194. The van der Waals surface area contributed by atoms with Gasteiger partial charge in [-0.15, -0.1) is 0 Å². The molecule has 1 N–H and O–H groups in total. The van der Waals surface area contributed by atoms with Crippen LogP contribution in [-0.2, 0) is 20.7 Å². The van der Waals surface area contributed by atoms with Gasteiger partial charge >= 0.3 is 5.97 Å². The lowest BCUT2D eigenvalue weighted by Gasteiger charge is -2.32. The molecule has 0 aliphatic carbocycles. The normalized spacial score (nSPS) is 18.9. The van der Waals surface area contributed by atoms with E-state index in [1.165, 1.54) is 7.11 Å². The van der Waals surface area contributed by atoms with Gasteiger partial charge in [0.15, 0.2) is 5.78 Å².